The highest BCUT2D eigenvalue weighted by molar-refractivity contribution is 6.33. The Morgan fingerprint density at radius 1 is 1.57 bits per heavy atom. The van der Waals surface area contributed by atoms with Gasteiger partial charge in [0.25, 0.3) is 0 Å². The summed E-state index contributed by atoms with van der Waals surface area (Å²) >= 11 is 6.35. The Kier molecular flexibility index (Phi) is 5.45. The van der Waals surface area contributed by atoms with E-state index in [9.17, 15) is 4.79 Å². The molecule has 0 radical (unpaired) electrons. The normalized spacial score (nSPS) is 18.9. The number of rotatable bonds is 4. The molecule has 0 aliphatic carbocycles. The number of anilines is 1. The Bertz CT molecular complexity index is 508. The number of carbonyl (C=O) groups is 1. The number of halogens is 1. The number of benzene rings is 1. The molecule has 3 N–H and O–H groups in total. The first kappa shape index (κ1) is 16.1. The molecule has 0 aromatic heterocycles. The number of ether oxygens (including phenoxy) is 1. The Hall–Kier alpha value is -1.30. The molecule has 1 aliphatic heterocycles. The molecule has 1 saturated heterocycles. The summed E-state index contributed by atoms with van der Waals surface area (Å²) in [5.41, 5.74) is 7.59. The van der Waals surface area contributed by atoms with Gasteiger partial charge in [-0.3, -0.25) is 4.79 Å². The van der Waals surface area contributed by atoms with Crippen molar-refractivity contribution in [2.24, 2.45) is 5.73 Å². The average molecular weight is 312 g/mol. The minimum absolute atomic E-state index is 0.0485. The number of para-hydroxylation sites is 1. The van der Waals surface area contributed by atoms with Gasteiger partial charge < -0.3 is 20.7 Å². The van der Waals surface area contributed by atoms with E-state index in [4.69, 9.17) is 22.1 Å². The quantitative estimate of drug-likeness (QED) is 0.885. The zero-order valence-corrected chi connectivity index (χ0v) is 13.2. The molecule has 1 fully saturated rings. The topological polar surface area (TPSA) is 67.6 Å². The van der Waals surface area contributed by atoms with Crippen molar-refractivity contribution in [2.75, 3.05) is 24.7 Å². The van der Waals surface area contributed by atoms with Crippen LogP contribution in [-0.4, -0.2) is 37.7 Å². The maximum absolute atomic E-state index is 12.4. The Morgan fingerprint density at radius 2 is 2.33 bits per heavy atom. The molecule has 116 valence electrons. The molecule has 0 bridgehead atoms. The predicted octanol–water partition coefficient (Wildman–Crippen LogP) is 1.53. The number of morpholine rings is 1. The van der Waals surface area contributed by atoms with E-state index in [1.807, 2.05) is 36.9 Å². The third-order valence-electron chi connectivity index (χ3n) is 3.44. The van der Waals surface area contributed by atoms with Crippen molar-refractivity contribution in [1.82, 2.24) is 5.32 Å². The smallest absolute Gasteiger partial charge is 0.245 e. The Morgan fingerprint density at radius 3 is 3.00 bits per heavy atom. The lowest BCUT2D eigenvalue weighted by atomic mass is 10.1. The zero-order valence-electron chi connectivity index (χ0n) is 12.4. The van der Waals surface area contributed by atoms with Crippen molar-refractivity contribution in [3.05, 3.63) is 28.8 Å². The summed E-state index contributed by atoms with van der Waals surface area (Å²) in [5, 5.41) is 3.55. The van der Waals surface area contributed by atoms with E-state index in [1.54, 1.807) is 0 Å². The van der Waals surface area contributed by atoms with E-state index in [1.165, 1.54) is 0 Å². The van der Waals surface area contributed by atoms with Crippen LogP contribution in [-0.2, 0) is 16.1 Å². The molecule has 1 unspecified atom stereocenters. The summed E-state index contributed by atoms with van der Waals surface area (Å²) in [6.07, 6.45) is 0. The van der Waals surface area contributed by atoms with Crippen molar-refractivity contribution >= 4 is 23.2 Å². The highest BCUT2D eigenvalue weighted by Crippen LogP contribution is 2.32. The monoisotopic (exact) mass is 311 g/mol. The summed E-state index contributed by atoms with van der Waals surface area (Å²) < 4.78 is 5.47. The molecule has 2 rings (SSSR count). The molecule has 5 nitrogen and oxygen atoms in total. The van der Waals surface area contributed by atoms with Crippen molar-refractivity contribution in [2.45, 2.75) is 32.5 Å². The van der Waals surface area contributed by atoms with E-state index < -0.39 is 0 Å². The number of nitrogens with one attached hydrogen (secondary N) is 1. The molecule has 1 aliphatic rings. The van der Waals surface area contributed by atoms with Gasteiger partial charge in [-0.2, -0.15) is 0 Å². The third-order valence-corrected chi connectivity index (χ3v) is 3.74. The van der Waals surface area contributed by atoms with E-state index in [2.05, 4.69) is 5.32 Å². The fraction of sp³-hybridized carbons (Fsp3) is 0.533. The second-order valence-corrected chi connectivity index (χ2v) is 5.81. The number of amides is 1. The fourth-order valence-corrected chi connectivity index (χ4v) is 2.82. The first-order valence-electron chi connectivity index (χ1n) is 7.16. The number of hydrogen-bond acceptors (Lipinski definition) is 4. The lowest BCUT2D eigenvalue weighted by Gasteiger charge is -2.38. The van der Waals surface area contributed by atoms with Crippen LogP contribution in [0.1, 0.15) is 19.4 Å². The van der Waals surface area contributed by atoms with Crippen molar-refractivity contribution in [3.63, 3.8) is 0 Å². The summed E-state index contributed by atoms with van der Waals surface area (Å²) in [6, 6.07) is 5.34. The van der Waals surface area contributed by atoms with Crippen LogP contribution < -0.4 is 16.0 Å². The van der Waals surface area contributed by atoms with E-state index in [-0.39, 0.29) is 18.0 Å². The van der Waals surface area contributed by atoms with E-state index in [0.717, 1.165) is 11.3 Å². The van der Waals surface area contributed by atoms with Crippen molar-refractivity contribution < 1.29 is 9.53 Å². The lowest BCUT2D eigenvalue weighted by molar-refractivity contribution is -0.125. The van der Waals surface area contributed by atoms with Gasteiger partial charge in [0.15, 0.2) is 0 Å². The van der Waals surface area contributed by atoms with Crippen LogP contribution in [0.15, 0.2) is 18.2 Å². The largest absolute Gasteiger partial charge is 0.377 e. The second kappa shape index (κ2) is 7.11. The van der Waals surface area contributed by atoms with Gasteiger partial charge in [0.1, 0.15) is 6.04 Å². The van der Waals surface area contributed by atoms with Crippen LogP contribution >= 0.6 is 11.6 Å². The SMILES string of the molecule is CC(C)NC(=O)C1COCCN1c1c(Cl)cccc1CN. The van der Waals surface area contributed by atoms with Gasteiger partial charge in [0.05, 0.1) is 23.9 Å². The first-order chi connectivity index (χ1) is 10.0. The maximum atomic E-state index is 12.4. The highest BCUT2D eigenvalue weighted by atomic mass is 35.5. The number of hydrogen-bond donors (Lipinski definition) is 2. The van der Waals surface area contributed by atoms with E-state index >= 15 is 0 Å². The minimum Gasteiger partial charge on any atom is -0.377 e. The van der Waals surface area contributed by atoms with Crippen LogP contribution in [0.4, 0.5) is 5.69 Å². The summed E-state index contributed by atoms with van der Waals surface area (Å²) in [7, 11) is 0. The van der Waals surface area contributed by atoms with Crippen LogP contribution in [0, 0.1) is 0 Å². The molecule has 21 heavy (non-hydrogen) atoms. The predicted molar refractivity (Wildman–Crippen MR) is 84.6 cm³/mol. The van der Waals surface area contributed by atoms with E-state index in [0.29, 0.717) is 31.3 Å². The maximum Gasteiger partial charge on any atom is 0.245 e. The molecular weight excluding hydrogens is 290 g/mol. The highest BCUT2D eigenvalue weighted by Gasteiger charge is 2.32. The average Bonchev–Trinajstić information content (AvgIpc) is 2.46. The van der Waals surface area contributed by atoms with Crippen LogP contribution in [0.3, 0.4) is 0 Å². The molecule has 0 saturated carbocycles. The fourth-order valence-electron chi connectivity index (χ4n) is 2.52. The van der Waals surface area contributed by atoms with Gasteiger partial charge in [-0.05, 0) is 25.5 Å². The van der Waals surface area contributed by atoms with Crippen molar-refractivity contribution in [1.29, 1.82) is 0 Å². The summed E-state index contributed by atoms with van der Waals surface area (Å²) in [5.74, 6) is -0.0485. The van der Waals surface area contributed by atoms with Crippen LogP contribution in [0.2, 0.25) is 5.02 Å². The Balaban J connectivity index is 2.33. The molecule has 0 spiro atoms. The molecule has 1 amide bonds. The molecule has 1 heterocycles. The van der Waals surface area contributed by atoms with Gasteiger partial charge in [0.2, 0.25) is 5.91 Å². The number of nitrogens with zero attached hydrogens (tertiary/aromatic N) is 1. The first-order valence-corrected chi connectivity index (χ1v) is 7.54. The third kappa shape index (κ3) is 3.67. The lowest BCUT2D eigenvalue weighted by Crippen LogP contribution is -2.55. The standard InChI is InChI=1S/C15H22ClN3O2/c1-10(2)18-15(20)13-9-21-7-6-19(13)14-11(8-17)4-3-5-12(14)16/h3-5,10,13H,6-9,17H2,1-2H3,(H,18,20). The van der Waals surface area contributed by atoms with Gasteiger partial charge in [-0.15, -0.1) is 0 Å². The summed E-state index contributed by atoms with van der Waals surface area (Å²) in [6.45, 7) is 5.80. The molecule has 1 atom stereocenters. The van der Waals surface area contributed by atoms with Gasteiger partial charge in [0, 0.05) is 19.1 Å². The second-order valence-electron chi connectivity index (χ2n) is 5.40. The zero-order chi connectivity index (χ0) is 15.4. The number of carbonyl (C=O) groups excluding carboxylic acids is 1. The van der Waals surface area contributed by atoms with Gasteiger partial charge in [-0.25, -0.2) is 0 Å². The molecule has 6 heteroatoms. The van der Waals surface area contributed by atoms with Gasteiger partial charge in [-0.1, -0.05) is 23.7 Å². The Labute approximate surface area is 130 Å². The van der Waals surface area contributed by atoms with Crippen molar-refractivity contribution in [3.8, 4) is 0 Å². The van der Waals surface area contributed by atoms with Crippen LogP contribution in [0.5, 0.6) is 0 Å². The molecule has 1 aromatic carbocycles. The molecule has 1 aromatic rings. The number of nitrogens with two attached hydrogens (primary N) is 1. The van der Waals surface area contributed by atoms with Gasteiger partial charge >= 0.3 is 0 Å². The van der Waals surface area contributed by atoms with Crippen LogP contribution in [0.25, 0.3) is 0 Å². The molecular formula is C15H22ClN3O2. The summed E-state index contributed by atoms with van der Waals surface area (Å²) in [4.78, 5) is 14.4. The minimum atomic E-state index is -0.383.